The first kappa shape index (κ1) is 14.7. The van der Waals surface area contributed by atoms with Crippen LogP contribution in [-0.2, 0) is 0 Å². The Labute approximate surface area is 108 Å². The second kappa shape index (κ2) is 6.54. The summed E-state index contributed by atoms with van der Waals surface area (Å²) in [6, 6.07) is 13.3. The van der Waals surface area contributed by atoms with Gasteiger partial charge in [0.15, 0.2) is 0 Å². The van der Waals surface area contributed by atoms with Crippen LogP contribution < -0.4 is 0 Å². The standard InChI is InChI=1S/C10H8O.C3H5F3S/c11-10-7-3-5-8-4-1-2-6-9(8)10;1-2-7-3(4,5)6/h1-7,11H;2H2,1H3. The van der Waals surface area contributed by atoms with Crippen LogP contribution in [0.1, 0.15) is 6.92 Å². The van der Waals surface area contributed by atoms with Crippen LogP contribution in [0.15, 0.2) is 42.5 Å². The molecular formula is C13H13F3OS. The first-order chi connectivity index (χ1) is 8.44. The van der Waals surface area contributed by atoms with Gasteiger partial charge in [-0.25, -0.2) is 0 Å². The number of halogens is 3. The van der Waals surface area contributed by atoms with Gasteiger partial charge in [-0.1, -0.05) is 55.1 Å². The summed E-state index contributed by atoms with van der Waals surface area (Å²) in [7, 11) is 0. The highest BCUT2D eigenvalue weighted by Crippen LogP contribution is 2.29. The van der Waals surface area contributed by atoms with E-state index < -0.39 is 5.51 Å². The molecule has 0 fully saturated rings. The maximum Gasteiger partial charge on any atom is 0.441 e. The third-order valence-corrected chi connectivity index (χ3v) is 2.69. The number of benzene rings is 2. The average Bonchev–Trinajstić information content (AvgIpc) is 2.29. The number of phenols is 1. The predicted octanol–water partition coefficient (Wildman–Crippen LogP) is 4.80. The smallest absolute Gasteiger partial charge is 0.441 e. The molecule has 0 bridgehead atoms. The van der Waals surface area contributed by atoms with Gasteiger partial charge in [0.2, 0.25) is 0 Å². The summed E-state index contributed by atoms with van der Waals surface area (Å²) >= 11 is -0.0116. The van der Waals surface area contributed by atoms with Gasteiger partial charge in [-0.3, -0.25) is 0 Å². The third-order valence-electron chi connectivity index (χ3n) is 2.07. The van der Waals surface area contributed by atoms with E-state index in [2.05, 4.69) is 0 Å². The zero-order valence-electron chi connectivity index (χ0n) is 9.74. The van der Waals surface area contributed by atoms with E-state index in [4.69, 9.17) is 0 Å². The fraction of sp³-hybridized carbons (Fsp3) is 0.231. The molecular weight excluding hydrogens is 261 g/mol. The molecule has 0 aliphatic rings. The van der Waals surface area contributed by atoms with Crippen LogP contribution in [0.2, 0.25) is 0 Å². The van der Waals surface area contributed by atoms with Crippen LogP contribution in [0.3, 0.4) is 0 Å². The van der Waals surface area contributed by atoms with Crippen molar-refractivity contribution in [1.82, 2.24) is 0 Å². The summed E-state index contributed by atoms with van der Waals surface area (Å²) < 4.78 is 33.1. The lowest BCUT2D eigenvalue weighted by Crippen LogP contribution is -1.98. The number of rotatable bonds is 1. The van der Waals surface area contributed by atoms with Crippen LogP contribution in [0.4, 0.5) is 13.2 Å². The lowest BCUT2D eigenvalue weighted by molar-refractivity contribution is -0.0327. The van der Waals surface area contributed by atoms with Crippen LogP contribution in [0.5, 0.6) is 5.75 Å². The molecule has 0 aliphatic carbocycles. The average molecular weight is 274 g/mol. The van der Waals surface area contributed by atoms with Crippen LogP contribution in [-0.4, -0.2) is 16.4 Å². The van der Waals surface area contributed by atoms with Crippen molar-refractivity contribution in [2.75, 3.05) is 5.75 Å². The number of fused-ring (bicyclic) bond motifs is 1. The summed E-state index contributed by atoms with van der Waals surface area (Å²) in [4.78, 5) is 0. The van der Waals surface area contributed by atoms with Gasteiger partial charge in [0.05, 0.1) is 0 Å². The second-order valence-corrected chi connectivity index (χ2v) is 4.71. The Balaban J connectivity index is 0.000000203. The molecule has 0 aromatic heterocycles. The molecule has 18 heavy (non-hydrogen) atoms. The molecule has 0 heterocycles. The summed E-state index contributed by atoms with van der Waals surface area (Å²) in [5.74, 6) is 0.451. The van der Waals surface area contributed by atoms with Crippen LogP contribution >= 0.6 is 11.8 Å². The van der Waals surface area contributed by atoms with E-state index in [1.807, 2.05) is 36.4 Å². The highest BCUT2D eigenvalue weighted by Gasteiger charge is 2.26. The molecule has 0 unspecified atom stereocenters. The number of hydrogen-bond donors (Lipinski definition) is 1. The third kappa shape index (κ3) is 4.87. The lowest BCUT2D eigenvalue weighted by Gasteiger charge is -1.99. The molecule has 2 aromatic rings. The molecule has 98 valence electrons. The lowest BCUT2D eigenvalue weighted by atomic mass is 10.1. The maximum absolute atomic E-state index is 11.0. The summed E-state index contributed by atoms with van der Waals surface area (Å²) in [6.07, 6.45) is 0. The van der Waals surface area contributed by atoms with Crippen molar-refractivity contribution < 1.29 is 18.3 Å². The van der Waals surface area contributed by atoms with Crippen molar-refractivity contribution in [3.05, 3.63) is 42.5 Å². The van der Waals surface area contributed by atoms with Gasteiger partial charge < -0.3 is 5.11 Å². The Morgan fingerprint density at radius 3 is 2.17 bits per heavy atom. The predicted molar refractivity (Wildman–Crippen MR) is 69.8 cm³/mol. The number of phenolic OH excluding ortho intramolecular Hbond substituents is 1. The fourth-order valence-corrected chi connectivity index (χ4v) is 1.70. The van der Waals surface area contributed by atoms with Gasteiger partial charge in [-0.15, -0.1) is 0 Å². The van der Waals surface area contributed by atoms with E-state index in [1.54, 1.807) is 6.07 Å². The molecule has 5 heteroatoms. The summed E-state index contributed by atoms with van der Waals surface area (Å²) in [5, 5.41) is 11.4. The molecule has 1 nitrogen and oxygen atoms in total. The molecule has 0 atom stereocenters. The monoisotopic (exact) mass is 274 g/mol. The first-order valence-corrected chi connectivity index (χ1v) is 6.30. The minimum Gasteiger partial charge on any atom is -0.507 e. The largest absolute Gasteiger partial charge is 0.507 e. The molecule has 2 rings (SSSR count). The molecule has 0 spiro atoms. The minimum atomic E-state index is -4.03. The van der Waals surface area contributed by atoms with E-state index >= 15 is 0 Å². The normalized spacial score (nSPS) is 10.9. The van der Waals surface area contributed by atoms with E-state index in [0.717, 1.165) is 10.8 Å². The molecule has 2 aromatic carbocycles. The second-order valence-electron chi connectivity index (χ2n) is 3.38. The van der Waals surface area contributed by atoms with Crippen molar-refractivity contribution in [2.24, 2.45) is 0 Å². The van der Waals surface area contributed by atoms with Gasteiger partial charge in [-0.05, 0) is 17.2 Å². The number of aromatic hydroxyl groups is 1. The molecule has 1 N–H and O–H groups in total. The fourth-order valence-electron chi connectivity index (χ4n) is 1.37. The van der Waals surface area contributed by atoms with Crippen molar-refractivity contribution in [2.45, 2.75) is 12.4 Å². The Bertz CT molecular complexity index is 492. The molecule has 0 saturated carbocycles. The van der Waals surface area contributed by atoms with Gasteiger partial charge in [-0.2, -0.15) is 13.2 Å². The maximum atomic E-state index is 11.0. The zero-order valence-corrected chi connectivity index (χ0v) is 10.6. The Morgan fingerprint density at radius 2 is 1.67 bits per heavy atom. The van der Waals surface area contributed by atoms with Crippen molar-refractivity contribution in [3.63, 3.8) is 0 Å². The van der Waals surface area contributed by atoms with Crippen LogP contribution in [0.25, 0.3) is 10.8 Å². The summed E-state index contributed by atoms with van der Waals surface area (Å²) in [5.41, 5.74) is -4.03. The van der Waals surface area contributed by atoms with Gasteiger partial charge >= 0.3 is 5.51 Å². The molecule has 0 radical (unpaired) electrons. The van der Waals surface area contributed by atoms with Crippen molar-refractivity contribution in [3.8, 4) is 5.75 Å². The Morgan fingerprint density at radius 1 is 1.06 bits per heavy atom. The number of hydrogen-bond acceptors (Lipinski definition) is 2. The molecule has 0 amide bonds. The van der Waals surface area contributed by atoms with E-state index in [-0.39, 0.29) is 17.5 Å². The Kier molecular flexibility index (Phi) is 5.34. The SMILES string of the molecule is CCSC(F)(F)F.Oc1cccc2ccccc12. The summed E-state index contributed by atoms with van der Waals surface area (Å²) in [6.45, 7) is 1.47. The Hall–Kier alpha value is -1.36. The minimum absolute atomic E-state index is 0.0116. The van der Waals surface area contributed by atoms with E-state index in [0.29, 0.717) is 5.75 Å². The molecule has 0 aliphatic heterocycles. The van der Waals surface area contributed by atoms with Gasteiger partial charge in [0.25, 0.3) is 0 Å². The topological polar surface area (TPSA) is 20.2 Å². The first-order valence-electron chi connectivity index (χ1n) is 5.31. The number of thioether (sulfide) groups is 1. The van der Waals surface area contributed by atoms with Crippen molar-refractivity contribution >= 4 is 22.5 Å². The van der Waals surface area contributed by atoms with Gasteiger partial charge in [0, 0.05) is 5.39 Å². The quantitative estimate of drug-likeness (QED) is 0.805. The number of alkyl halides is 3. The van der Waals surface area contributed by atoms with Crippen molar-refractivity contribution in [1.29, 1.82) is 0 Å². The van der Waals surface area contributed by atoms with Crippen LogP contribution in [0, 0.1) is 0 Å². The highest BCUT2D eigenvalue weighted by molar-refractivity contribution is 8.00. The van der Waals surface area contributed by atoms with Gasteiger partial charge in [0.1, 0.15) is 5.75 Å². The zero-order chi connectivity index (χ0) is 13.6. The highest BCUT2D eigenvalue weighted by atomic mass is 32.2. The van der Waals surface area contributed by atoms with E-state index in [1.165, 1.54) is 6.92 Å². The molecule has 0 saturated heterocycles. The van der Waals surface area contributed by atoms with E-state index in [9.17, 15) is 18.3 Å².